The Morgan fingerprint density at radius 3 is 2.30 bits per heavy atom. The molecule has 1 fully saturated rings. The number of amides is 4. The molecule has 2 aliphatic rings. The van der Waals surface area contributed by atoms with Crippen molar-refractivity contribution in [3.63, 3.8) is 0 Å². The second-order valence-electron chi connectivity index (χ2n) is 7.27. The van der Waals surface area contributed by atoms with E-state index in [1.807, 2.05) is 26.0 Å². The number of furan rings is 1. The summed E-state index contributed by atoms with van der Waals surface area (Å²) in [4.78, 5) is 51.3. The average Bonchev–Trinajstić information content (AvgIpc) is 3.26. The third kappa shape index (κ3) is 3.79. The number of nitrogens with zero attached hydrogens (tertiary/aromatic N) is 1. The molecule has 3 unspecified atom stereocenters. The number of hydrogen-bond acceptors (Lipinski definition) is 5. The highest BCUT2D eigenvalue weighted by Gasteiger charge is 2.51. The van der Waals surface area contributed by atoms with Gasteiger partial charge < -0.3 is 4.42 Å². The SMILES string of the molecule is CC(C)CC(C(=O)NNC(=O)c1ccco1)N1C(=O)C2CC=CCC2C1=O. The van der Waals surface area contributed by atoms with Gasteiger partial charge in [-0.1, -0.05) is 26.0 Å². The lowest BCUT2D eigenvalue weighted by molar-refractivity contribution is -0.148. The fourth-order valence-corrected chi connectivity index (χ4v) is 3.58. The van der Waals surface area contributed by atoms with Crippen LogP contribution in [0.3, 0.4) is 0 Å². The number of nitrogens with one attached hydrogen (secondary N) is 2. The van der Waals surface area contributed by atoms with Gasteiger partial charge in [-0.3, -0.25) is 34.9 Å². The van der Waals surface area contributed by atoms with Gasteiger partial charge in [-0.25, -0.2) is 0 Å². The highest BCUT2D eigenvalue weighted by atomic mass is 16.3. The largest absolute Gasteiger partial charge is 0.459 e. The molecule has 1 aromatic rings. The van der Waals surface area contributed by atoms with Crippen molar-refractivity contribution in [3.05, 3.63) is 36.3 Å². The van der Waals surface area contributed by atoms with E-state index < -0.39 is 29.7 Å². The Labute approximate surface area is 156 Å². The maximum atomic E-state index is 12.8. The minimum atomic E-state index is -0.965. The Balaban J connectivity index is 1.73. The Bertz CT molecular complexity index is 742. The number of likely N-dealkylation sites (tertiary alicyclic amines) is 1. The van der Waals surface area contributed by atoms with Gasteiger partial charge in [-0.2, -0.15) is 0 Å². The van der Waals surface area contributed by atoms with Crippen LogP contribution >= 0.6 is 0 Å². The normalized spacial score (nSPS) is 22.7. The Kier molecular flexibility index (Phi) is 5.43. The van der Waals surface area contributed by atoms with Crippen molar-refractivity contribution in [1.29, 1.82) is 0 Å². The molecule has 8 nitrogen and oxygen atoms in total. The Morgan fingerprint density at radius 1 is 1.15 bits per heavy atom. The van der Waals surface area contributed by atoms with Gasteiger partial charge in [0.25, 0.3) is 5.91 Å². The summed E-state index contributed by atoms with van der Waals surface area (Å²) in [7, 11) is 0. The summed E-state index contributed by atoms with van der Waals surface area (Å²) in [6.07, 6.45) is 6.48. The highest BCUT2D eigenvalue weighted by Crippen LogP contribution is 2.37. The summed E-state index contributed by atoms with van der Waals surface area (Å²) in [5.41, 5.74) is 4.58. The van der Waals surface area contributed by atoms with Gasteiger partial charge in [0.15, 0.2) is 5.76 Å². The summed E-state index contributed by atoms with van der Waals surface area (Å²) in [6, 6.07) is 2.04. The summed E-state index contributed by atoms with van der Waals surface area (Å²) in [5, 5.41) is 0. The molecule has 2 N–H and O–H groups in total. The molecule has 3 rings (SSSR count). The van der Waals surface area contributed by atoms with Gasteiger partial charge in [-0.05, 0) is 37.3 Å². The van der Waals surface area contributed by atoms with Gasteiger partial charge in [0.2, 0.25) is 11.8 Å². The number of hydrogen-bond donors (Lipinski definition) is 2. The monoisotopic (exact) mass is 373 g/mol. The molecule has 8 heteroatoms. The molecular formula is C19H23N3O5. The van der Waals surface area contributed by atoms with Gasteiger partial charge in [-0.15, -0.1) is 0 Å². The van der Waals surface area contributed by atoms with E-state index in [1.165, 1.54) is 12.3 Å². The number of rotatable bonds is 5. The predicted octanol–water partition coefficient (Wildman–Crippen LogP) is 1.41. The van der Waals surface area contributed by atoms with E-state index in [4.69, 9.17) is 4.42 Å². The zero-order valence-electron chi connectivity index (χ0n) is 15.3. The lowest BCUT2D eigenvalue weighted by Gasteiger charge is -2.27. The third-order valence-corrected chi connectivity index (χ3v) is 4.89. The molecule has 0 bridgehead atoms. The number of allylic oxidation sites excluding steroid dienone is 2. The number of carbonyl (C=O) groups excluding carboxylic acids is 4. The lowest BCUT2D eigenvalue weighted by Crippen LogP contribution is -2.54. The van der Waals surface area contributed by atoms with Crippen molar-refractivity contribution in [3.8, 4) is 0 Å². The van der Waals surface area contributed by atoms with Crippen LogP contribution in [0.2, 0.25) is 0 Å². The van der Waals surface area contributed by atoms with Crippen molar-refractivity contribution in [2.45, 2.75) is 39.2 Å². The molecule has 0 spiro atoms. The second kappa shape index (κ2) is 7.77. The lowest BCUT2D eigenvalue weighted by atomic mass is 9.85. The van der Waals surface area contributed by atoms with Crippen LogP contribution in [0.1, 0.15) is 43.7 Å². The molecule has 0 aromatic carbocycles. The minimum absolute atomic E-state index is 0.0427. The number of carbonyl (C=O) groups is 4. The Morgan fingerprint density at radius 2 is 1.78 bits per heavy atom. The zero-order valence-corrected chi connectivity index (χ0v) is 15.3. The zero-order chi connectivity index (χ0) is 19.6. The fourth-order valence-electron chi connectivity index (χ4n) is 3.58. The topological polar surface area (TPSA) is 109 Å². The summed E-state index contributed by atoms with van der Waals surface area (Å²) >= 11 is 0. The smallest absolute Gasteiger partial charge is 0.305 e. The van der Waals surface area contributed by atoms with E-state index in [1.54, 1.807) is 6.07 Å². The van der Waals surface area contributed by atoms with E-state index >= 15 is 0 Å². The molecule has 1 aromatic heterocycles. The maximum Gasteiger partial charge on any atom is 0.305 e. The highest BCUT2D eigenvalue weighted by molar-refractivity contribution is 6.08. The van der Waals surface area contributed by atoms with Gasteiger partial charge in [0, 0.05) is 0 Å². The first-order valence-corrected chi connectivity index (χ1v) is 9.05. The predicted molar refractivity (Wildman–Crippen MR) is 94.8 cm³/mol. The van der Waals surface area contributed by atoms with E-state index in [2.05, 4.69) is 10.9 Å². The second-order valence-corrected chi connectivity index (χ2v) is 7.27. The molecular weight excluding hydrogens is 350 g/mol. The number of imide groups is 1. The Hall–Kier alpha value is -2.90. The van der Waals surface area contributed by atoms with E-state index in [0.29, 0.717) is 19.3 Å². The fraction of sp³-hybridized carbons (Fsp3) is 0.474. The van der Waals surface area contributed by atoms with Crippen LogP contribution in [0.4, 0.5) is 0 Å². The maximum absolute atomic E-state index is 12.8. The van der Waals surface area contributed by atoms with Crippen molar-refractivity contribution in [1.82, 2.24) is 15.8 Å². The quantitative estimate of drug-likeness (QED) is 0.461. The summed E-state index contributed by atoms with van der Waals surface area (Å²) in [5.74, 6) is -2.53. The van der Waals surface area contributed by atoms with Crippen molar-refractivity contribution in [2.75, 3.05) is 0 Å². The molecule has 3 atom stereocenters. The van der Waals surface area contributed by atoms with Gasteiger partial charge >= 0.3 is 5.91 Å². The van der Waals surface area contributed by atoms with Crippen LogP contribution in [0.5, 0.6) is 0 Å². The molecule has 0 saturated carbocycles. The third-order valence-electron chi connectivity index (χ3n) is 4.89. The van der Waals surface area contributed by atoms with Crippen molar-refractivity contribution >= 4 is 23.6 Å². The van der Waals surface area contributed by atoms with E-state index in [0.717, 1.165) is 4.90 Å². The minimum Gasteiger partial charge on any atom is -0.459 e. The van der Waals surface area contributed by atoms with Crippen LogP contribution < -0.4 is 10.9 Å². The van der Waals surface area contributed by atoms with Crippen LogP contribution in [-0.4, -0.2) is 34.6 Å². The molecule has 1 saturated heterocycles. The molecule has 4 amide bonds. The number of fused-ring (bicyclic) bond motifs is 1. The molecule has 144 valence electrons. The summed E-state index contributed by atoms with van der Waals surface area (Å²) < 4.78 is 4.96. The molecule has 27 heavy (non-hydrogen) atoms. The van der Waals surface area contributed by atoms with Crippen LogP contribution in [0.15, 0.2) is 35.0 Å². The standard InChI is InChI=1S/C19H23N3O5/c1-11(2)10-14(16(23)20-21-17(24)15-8-5-9-27-15)22-18(25)12-6-3-4-7-13(12)19(22)26/h3-5,8-9,11-14H,6-7,10H2,1-2H3,(H,20,23)(H,21,24). The van der Waals surface area contributed by atoms with Crippen LogP contribution in [0.25, 0.3) is 0 Å². The van der Waals surface area contributed by atoms with Gasteiger partial charge in [0.1, 0.15) is 6.04 Å². The summed E-state index contributed by atoms with van der Waals surface area (Å²) in [6.45, 7) is 3.81. The van der Waals surface area contributed by atoms with E-state index in [9.17, 15) is 19.2 Å². The molecule has 1 aliphatic carbocycles. The van der Waals surface area contributed by atoms with Crippen molar-refractivity contribution < 1.29 is 23.6 Å². The van der Waals surface area contributed by atoms with Crippen LogP contribution in [0, 0.1) is 17.8 Å². The number of hydrazine groups is 1. The first-order valence-electron chi connectivity index (χ1n) is 9.05. The first-order chi connectivity index (χ1) is 12.9. The van der Waals surface area contributed by atoms with Gasteiger partial charge in [0.05, 0.1) is 18.1 Å². The van der Waals surface area contributed by atoms with Crippen LogP contribution in [-0.2, 0) is 14.4 Å². The average molecular weight is 373 g/mol. The molecule has 1 aliphatic heterocycles. The first kappa shape index (κ1) is 18.9. The van der Waals surface area contributed by atoms with E-state index in [-0.39, 0.29) is 23.5 Å². The molecule has 0 radical (unpaired) electrons. The van der Waals surface area contributed by atoms with Crippen molar-refractivity contribution in [2.24, 2.45) is 17.8 Å². The molecule has 2 heterocycles.